The van der Waals surface area contributed by atoms with E-state index in [0.717, 1.165) is 5.56 Å². The van der Waals surface area contributed by atoms with Crippen molar-refractivity contribution < 1.29 is 14.3 Å². The van der Waals surface area contributed by atoms with Gasteiger partial charge in [0.15, 0.2) is 0 Å². The maximum Gasteiger partial charge on any atom is 0.339 e. The molecule has 0 unspecified atom stereocenters. The number of rotatable bonds is 3. The highest BCUT2D eigenvalue weighted by Crippen LogP contribution is 2.26. The van der Waals surface area contributed by atoms with Crippen molar-refractivity contribution in [3.05, 3.63) is 51.7 Å². The second-order valence-electron chi connectivity index (χ2n) is 7.02. The van der Waals surface area contributed by atoms with Crippen molar-refractivity contribution in [2.24, 2.45) is 5.92 Å². The number of hydrogen-bond donors (Lipinski definition) is 2. The van der Waals surface area contributed by atoms with Gasteiger partial charge in [-0.2, -0.15) is 4.98 Å². The molecule has 1 fully saturated rings. The Bertz CT molecular complexity index is 1120. The Kier molecular flexibility index (Phi) is 4.39. The first-order valence-corrected chi connectivity index (χ1v) is 9.11. The molecule has 0 aliphatic heterocycles. The molecule has 0 bridgehead atoms. The summed E-state index contributed by atoms with van der Waals surface area (Å²) in [6, 6.07) is 6.64. The van der Waals surface area contributed by atoms with Gasteiger partial charge < -0.3 is 15.3 Å². The second-order valence-corrected chi connectivity index (χ2v) is 7.02. The van der Waals surface area contributed by atoms with Crippen LogP contribution in [-0.4, -0.2) is 16.1 Å². The van der Waals surface area contributed by atoms with Crippen molar-refractivity contribution in [1.29, 1.82) is 0 Å². The molecule has 0 amide bonds. The number of allylic oxidation sites excluding steroid dienone is 1. The minimum absolute atomic E-state index is 0.0421. The summed E-state index contributed by atoms with van der Waals surface area (Å²) in [6.45, 7) is 0. The van der Waals surface area contributed by atoms with Crippen LogP contribution in [0, 0.1) is 5.92 Å². The van der Waals surface area contributed by atoms with Gasteiger partial charge in [0.05, 0.1) is 10.8 Å². The molecule has 2 heterocycles. The summed E-state index contributed by atoms with van der Waals surface area (Å²) in [7, 11) is 0. The average Bonchev–Trinajstić information content (AvgIpc) is 2.67. The van der Waals surface area contributed by atoms with Crippen LogP contribution in [0.1, 0.15) is 48.0 Å². The van der Waals surface area contributed by atoms with E-state index in [4.69, 9.17) is 10.2 Å². The molecule has 0 atom stereocenters. The highest BCUT2D eigenvalue weighted by atomic mass is 16.4. The molecule has 3 aromatic rings. The molecule has 1 aliphatic rings. The Morgan fingerprint density at radius 3 is 2.70 bits per heavy atom. The molecule has 3 N–H and O–H groups in total. The number of carboxylic acids is 1. The van der Waals surface area contributed by atoms with Crippen LogP contribution in [0.4, 0.5) is 5.82 Å². The van der Waals surface area contributed by atoms with Crippen molar-refractivity contribution in [1.82, 2.24) is 4.98 Å². The van der Waals surface area contributed by atoms with Gasteiger partial charge in [0, 0.05) is 0 Å². The molecule has 6 nitrogen and oxygen atoms in total. The fraction of sp³-hybridized carbons (Fsp3) is 0.286. The number of nitrogen functional groups attached to an aromatic ring is 1. The van der Waals surface area contributed by atoms with Gasteiger partial charge >= 0.3 is 5.97 Å². The zero-order chi connectivity index (χ0) is 19.0. The Labute approximate surface area is 155 Å². The average molecular weight is 364 g/mol. The third-order valence-corrected chi connectivity index (χ3v) is 5.16. The van der Waals surface area contributed by atoms with E-state index in [9.17, 15) is 14.7 Å². The number of fused-ring (bicyclic) bond motifs is 2. The maximum absolute atomic E-state index is 12.9. The first-order valence-electron chi connectivity index (χ1n) is 9.11. The van der Waals surface area contributed by atoms with Gasteiger partial charge in [0.2, 0.25) is 11.1 Å². The Morgan fingerprint density at radius 2 is 1.96 bits per heavy atom. The van der Waals surface area contributed by atoms with Gasteiger partial charge in [0.1, 0.15) is 17.0 Å². The van der Waals surface area contributed by atoms with Crippen molar-refractivity contribution in [3.63, 3.8) is 0 Å². The standard InChI is InChI=1S/C21H20N2O4/c22-19-16(21(25)26)11-15-18(24)14-10-13(7-6-12-4-2-1-3-5-12)8-9-17(14)27-20(15)23-19/h6-12H,1-5H2,(H2,22,23)(H,25,26). The molecule has 1 saturated carbocycles. The van der Waals surface area contributed by atoms with Crippen LogP contribution in [0.25, 0.3) is 28.1 Å². The lowest BCUT2D eigenvalue weighted by Crippen LogP contribution is -2.09. The maximum atomic E-state index is 12.9. The van der Waals surface area contributed by atoms with Crippen LogP contribution >= 0.6 is 0 Å². The van der Waals surface area contributed by atoms with Crippen LogP contribution in [0.5, 0.6) is 0 Å². The molecule has 138 valence electrons. The van der Waals surface area contributed by atoms with E-state index in [-0.39, 0.29) is 27.9 Å². The summed E-state index contributed by atoms with van der Waals surface area (Å²) in [6.07, 6.45) is 10.5. The summed E-state index contributed by atoms with van der Waals surface area (Å²) in [4.78, 5) is 28.1. The Balaban J connectivity index is 1.80. The Hall–Kier alpha value is -3.15. The monoisotopic (exact) mass is 364 g/mol. The van der Waals surface area contributed by atoms with Crippen LogP contribution < -0.4 is 11.2 Å². The number of carbonyl (C=O) groups is 1. The third-order valence-electron chi connectivity index (χ3n) is 5.16. The molecule has 1 aromatic carbocycles. The van der Waals surface area contributed by atoms with E-state index in [0.29, 0.717) is 16.9 Å². The molecule has 0 saturated heterocycles. The van der Waals surface area contributed by atoms with Crippen molar-refractivity contribution >= 4 is 39.9 Å². The predicted octanol–water partition coefficient (Wildman–Crippen LogP) is 4.22. The first-order chi connectivity index (χ1) is 13.0. The molecule has 0 spiro atoms. The van der Waals surface area contributed by atoms with Crippen molar-refractivity contribution in [3.8, 4) is 0 Å². The van der Waals surface area contributed by atoms with E-state index in [1.807, 2.05) is 12.1 Å². The summed E-state index contributed by atoms with van der Waals surface area (Å²) >= 11 is 0. The van der Waals surface area contributed by atoms with Gasteiger partial charge in [-0.25, -0.2) is 4.79 Å². The number of anilines is 1. The fourth-order valence-electron chi connectivity index (χ4n) is 3.66. The number of carboxylic acid groups (broad SMARTS) is 1. The van der Waals surface area contributed by atoms with Crippen LogP contribution in [-0.2, 0) is 0 Å². The topological polar surface area (TPSA) is 106 Å². The molecular weight excluding hydrogens is 344 g/mol. The molecule has 2 aromatic heterocycles. The molecule has 4 rings (SSSR count). The number of hydrogen-bond acceptors (Lipinski definition) is 5. The van der Waals surface area contributed by atoms with E-state index in [1.165, 1.54) is 38.2 Å². The number of aromatic nitrogens is 1. The van der Waals surface area contributed by atoms with Crippen molar-refractivity contribution in [2.75, 3.05) is 5.73 Å². The summed E-state index contributed by atoms with van der Waals surface area (Å²) < 4.78 is 5.68. The quantitative estimate of drug-likeness (QED) is 0.674. The normalized spacial score (nSPS) is 15.7. The summed E-state index contributed by atoms with van der Waals surface area (Å²) in [5.41, 5.74) is 6.50. The molecule has 1 aliphatic carbocycles. The summed E-state index contributed by atoms with van der Waals surface area (Å²) in [5.74, 6) is -0.817. The summed E-state index contributed by atoms with van der Waals surface area (Å²) in [5, 5.41) is 9.72. The number of pyridine rings is 1. The molecule has 0 radical (unpaired) electrons. The molecule has 27 heavy (non-hydrogen) atoms. The van der Waals surface area contributed by atoms with Gasteiger partial charge in [-0.1, -0.05) is 37.5 Å². The number of nitrogens with zero attached hydrogens (tertiary/aromatic N) is 1. The number of aromatic carboxylic acids is 1. The lowest BCUT2D eigenvalue weighted by Gasteiger charge is -2.17. The third kappa shape index (κ3) is 3.30. The van der Waals surface area contributed by atoms with Gasteiger partial charge in [-0.15, -0.1) is 0 Å². The first kappa shape index (κ1) is 17.3. The van der Waals surface area contributed by atoms with E-state index >= 15 is 0 Å². The lowest BCUT2D eigenvalue weighted by molar-refractivity contribution is 0.0698. The lowest BCUT2D eigenvalue weighted by atomic mass is 9.89. The van der Waals surface area contributed by atoms with Crippen LogP contribution in [0.2, 0.25) is 0 Å². The second kappa shape index (κ2) is 6.87. The van der Waals surface area contributed by atoms with Gasteiger partial charge in [-0.05, 0) is 42.5 Å². The largest absolute Gasteiger partial charge is 0.478 e. The zero-order valence-electron chi connectivity index (χ0n) is 14.8. The predicted molar refractivity (Wildman–Crippen MR) is 105 cm³/mol. The fourth-order valence-corrected chi connectivity index (χ4v) is 3.66. The number of benzene rings is 1. The Morgan fingerprint density at radius 1 is 1.19 bits per heavy atom. The molecule has 6 heteroatoms. The minimum atomic E-state index is -1.23. The minimum Gasteiger partial charge on any atom is -0.478 e. The number of nitrogens with two attached hydrogens (primary N) is 1. The van der Waals surface area contributed by atoms with E-state index in [2.05, 4.69) is 11.1 Å². The molecular formula is C21H20N2O4. The van der Waals surface area contributed by atoms with Crippen LogP contribution in [0.3, 0.4) is 0 Å². The van der Waals surface area contributed by atoms with Gasteiger partial charge in [-0.3, -0.25) is 4.79 Å². The van der Waals surface area contributed by atoms with E-state index < -0.39 is 5.97 Å². The smallest absolute Gasteiger partial charge is 0.339 e. The van der Waals surface area contributed by atoms with Gasteiger partial charge in [0.25, 0.3) is 0 Å². The highest BCUT2D eigenvalue weighted by molar-refractivity contribution is 5.98. The SMILES string of the molecule is Nc1nc2oc3ccc(C=CC4CCCCC4)cc3c(=O)c2cc1C(=O)O. The highest BCUT2D eigenvalue weighted by Gasteiger charge is 2.16. The zero-order valence-corrected chi connectivity index (χ0v) is 14.8. The van der Waals surface area contributed by atoms with Crippen molar-refractivity contribution in [2.45, 2.75) is 32.1 Å². The van der Waals surface area contributed by atoms with E-state index in [1.54, 1.807) is 12.1 Å². The van der Waals surface area contributed by atoms with Crippen LogP contribution in [0.15, 0.2) is 39.6 Å².